The summed E-state index contributed by atoms with van der Waals surface area (Å²) in [6.45, 7) is 5.67. The predicted octanol–water partition coefficient (Wildman–Crippen LogP) is 1.47. The summed E-state index contributed by atoms with van der Waals surface area (Å²) in [5.74, 6) is 0. The van der Waals surface area contributed by atoms with Gasteiger partial charge in [-0.15, -0.1) is 11.3 Å². The largest absolute Gasteiger partial charge is 0.380 e. The van der Waals surface area contributed by atoms with Crippen LogP contribution in [-0.4, -0.2) is 31.3 Å². The van der Waals surface area contributed by atoms with Crippen LogP contribution in [0.3, 0.4) is 0 Å². The normalized spacial score (nSPS) is 15.0. The molecule has 0 bridgehead atoms. The first-order chi connectivity index (χ1) is 7.67. The Morgan fingerprint density at radius 1 is 1.62 bits per heavy atom. The van der Waals surface area contributed by atoms with Gasteiger partial charge < -0.3 is 15.8 Å². The van der Waals surface area contributed by atoms with Crippen molar-refractivity contribution in [1.82, 2.24) is 10.3 Å². The second-order valence-electron chi connectivity index (χ2n) is 3.87. The van der Waals surface area contributed by atoms with Crippen LogP contribution in [0.5, 0.6) is 0 Å². The summed E-state index contributed by atoms with van der Waals surface area (Å²) in [6, 6.07) is 0.300. The highest BCUT2D eigenvalue weighted by atomic mass is 32.1. The maximum Gasteiger partial charge on any atom is 0.109 e. The van der Waals surface area contributed by atoms with Crippen LogP contribution in [-0.2, 0) is 4.74 Å². The number of hydrogen-bond acceptors (Lipinski definition) is 5. The minimum atomic E-state index is 0.151. The summed E-state index contributed by atoms with van der Waals surface area (Å²) in [5, 5.41) is 4.56. The number of rotatable bonds is 7. The molecule has 4 nitrogen and oxygen atoms in total. The molecule has 0 amide bonds. The van der Waals surface area contributed by atoms with E-state index >= 15 is 0 Å². The van der Waals surface area contributed by atoms with E-state index in [0.29, 0.717) is 12.6 Å². The third-order valence-electron chi connectivity index (χ3n) is 2.52. The number of nitrogens with zero attached hydrogens (tertiary/aromatic N) is 1. The van der Waals surface area contributed by atoms with E-state index in [2.05, 4.69) is 24.1 Å². The molecule has 0 spiro atoms. The summed E-state index contributed by atoms with van der Waals surface area (Å²) in [6.07, 6.45) is 3.00. The molecule has 0 aliphatic carbocycles. The summed E-state index contributed by atoms with van der Waals surface area (Å²) in [7, 11) is 1.70. The van der Waals surface area contributed by atoms with E-state index in [9.17, 15) is 0 Å². The Hall–Kier alpha value is -0.490. The lowest BCUT2D eigenvalue weighted by molar-refractivity contribution is 0.101. The molecule has 0 aliphatic rings. The number of thiazole rings is 1. The maximum atomic E-state index is 5.55. The molecule has 1 aromatic rings. The van der Waals surface area contributed by atoms with Gasteiger partial charge in [0.2, 0.25) is 0 Å². The lowest BCUT2D eigenvalue weighted by Crippen LogP contribution is -2.28. The van der Waals surface area contributed by atoms with Gasteiger partial charge in [0.1, 0.15) is 5.01 Å². The van der Waals surface area contributed by atoms with Gasteiger partial charge in [-0.2, -0.15) is 0 Å². The quantitative estimate of drug-likeness (QED) is 0.761. The van der Waals surface area contributed by atoms with E-state index < -0.39 is 0 Å². The molecular weight excluding hydrogens is 222 g/mol. The Morgan fingerprint density at radius 2 is 2.38 bits per heavy atom. The first-order valence-corrected chi connectivity index (χ1v) is 6.37. The predicted molar refractivity (Wildman–Crippen MR) is 67.7 cm³/mol. The van der Waals surface area contributed by atoms with Crippen molar-refractivity contribution in [3.63, 3.8) is 0 Å². The van der Waals surface area contributed by atoms with Crippen molar-refractivity contribution in [2.24, 2.45) is 5.73 Å². The molecule has 2 atom stereocenters. The van der Waals surface area contributed by atoms with Gasteiger partial charge in [0.15, 0.2) is 0 Å². The van der Waals surface area contributed by atoms with E-state index in [1.807, 2.05) is 6.20 Å². The molecule has 2 unspecified atom stereocenters. The fraction of sp³-hybridized carbons (Fsp3) is 0.727. The number of ether oxygens (including phenoxy) is 1. The van der Waals surface area contributed by atoms with Gasteiger partial charge in [-0.1, -0.05) is 0 Å². The van der Waals surface area contributed by atoms with Gasteiger partial charge in [-0.3, -0.25) is 0 Å². The zero-order valence-electron chi connectivity index (χ0n) is 10.2. The highest BCUT2D eigenvalue weighted by Gasteiger charge is 2.10. The van der Waals surface area contributed by atoms with Crippen LogP contribution in [0.1, 0.15) is 29.3 Å². The maximum absolute atomic E-state index is 5.55. The Balaban J connectivity index is 2.27. The molecule has 92 valence electrons. The van der Waals surface area contributed by atoms with Crippen LogP contribution in [0.2, 0.25) is 0 Å². The fourth-order valence-corrected chi connectivity index (χ4v) is 2.25. The average Bonchev–Trinajstić information content (AvgIpc) is 2.71. The summed E-state index contributed by atoms with van der Waals surface area (Å²) < 4.78 is 5.21. The molecule has 16 heavy (non-hydrogen) atoms. The molecule has 0 saturated carbocycles. The molecule has 5 heteroatoms. The number of aryl methyl sites for hydroxylation is 1. The number of nitrogens with one attached hydrogen (secondary N) is 1. The molecular formula is C11H21N3OS. The first-order valence-electron chi connectivity index (χ1n) is 5.56. The standard InChI is InChI=1S/C11H21N3OS/c1-8-7-14-11(16-8)9(2)13-5-4-10(6-12)15-3/h7,9-10,13H,4-6,12H2,1-3H3. The molecule has 1 aromatic heterocycles. The number of hydrogen-bond donors (Lipinski definition) is 2. The van der Waals surface area contributed by atoms with E-state index in [1.165, 1.54) is 4.88 Å². The third kappa shape index (κ3) is 4.17. The SMILES string of the molecule is COC(CN)CCNC(C)c1ncc(C)s1. The van der Waals surface area contributed by atoms with Gasteiger partial charge in [0, 0.05) is 24.7 Å². The third-order valence-corrected chi connectivity index (χ3v) is 3.62. The summed E-state index contributed by atoms with van der Waals surface area (Å²) in [4.78, 5) is 5.60. The molecule has 0 aliphatic heterocycles. The van der Waals surface area contributed by atoms with E-state index in [-0.39, 0.29) is 6.10 Å². The average molecular weight is 243 g/mol. The van der Waals surface area contributed by atoms with Crippen molar-refractivity contribution < 1.29 is 4.74 Å². The van der Waals surface area contributed by atoms with E-state index in [1.54, 1.807) is 18.4 Å². The zero-order valence-corrected chi connectivity index (χ0v) is 11.0. The Kier molecular flexibility index (Phi) is 5.90. The lowest BCUT2D eigenvalue weighted by atomic mass is 10.2. The van der Waals surface area contributed by atoms with Crippen LogP contribution < -0.4 is 11.1 Å². The highest BCUT2D eigenvalue weighted by Crippen LogP contribution is 2.18. The van der Waals surface area contributed by atoms with Crippen LogP contribution in [0, 0.1) is 6.92 Å². The van der Waals surface area contributed by atoms with Crippen molar-refractivity contribution in [1.29, 1.82) is 0 Å². The number of aromatic nitrogens is 1. The van der Waals surface area contributed by atoms with Crippen LogP contribution in [0.25, 0.3) is 0 Å². The van der Waals surface area contributed by atoms with Gasteiger partial charge in [0.25, 0.3) is 0 Å². The van der Waals surface area contributed by atoms with Crippen LogP contribution in [0.15, 0.2) is 6.20 Å². The molecule has 0 radical (unpaired) electrons. The van der Waals surface area contributed by atoms with Crippen molar-refractivity contribution in [2.45, 2.75) is 32.4 Å². The highest BCUT2D eigenvalue weighted by molar-refractivity contribution is 7.11. The van der Waals surface area contributed by atoms with Crippen LogP contribution >= 0.6 is 11.3 Å². The summed E-state index contributed by atoms with van der Waals surface area (Å²) in [5.41, 5.74) is 5.55. The molecule has 0 aromatic carbocycles. The minimum Gasteiger partial charge on any atom is -0.380 e. The molecule has 1 rings (SSSR count). The monoisotopic (exact) mass is 243 g/mol. The topological polar surface area (TPSA) is 60.2 Å². The molecule has 3 N–H and O–H groups in total. The van der Waals surface area contributed by atoms with Crippen LogP contribution in [0.4, 0.5) is 0 Å². The number of nitrogens with two attached hydrogens (primary N) is 1. The van der Waals surface area contributed by atoms with Crippen molar-refractivity contribution >= 4 is 11.3 Å². The zero-order chi connectivity index (χ0) is 12.0. The number of methoxy groups -OCH3 is 1. The molecule has 1 heterocycles. The van der Waals surface area contributed by atoms with Gasteiger partial charge in [0.05, 0.1) is 12.1 Å². The second kappa shape index (κ2) is 6.96. The Labute approximate surface area is 101 Å². The second-order valence-corrected chi connectivity index (χ2v) is 5.13. The summed E-state index contributed by atoms with van der Waals surface area (Å²) >= 11 is 1.74. The van der Waals surface area contributed by atoms with E-state index in [4.69, 9.17) is 10.5 Å². The first kappa shape index (κ1) is 13.6. The van der Waals surface area contributed by atoms with Gasteiger partial charge >= 0.3 is 0 Å². The Bertz CT molecular complexity index is 299. The van der Waals surface area contributed by atoms with E-state index in [0.717, 1.165) is 18.0 Å². The Morgan fingerprint density at radius 3 is 2.88 bits per heavy atom. The molecule has 0 saturated heterocycles. The molecule has 0 fully saturated rings. The minimum absolute atomic E-state index is 0.151. The van der Waals surface area contributed by atoms with Gasteiger partial charge in [-0.25, -0.2) is 4.98 Å². The van der Waals surface area contributed by atoms with Crippen molar-refractivity contribution in [3.05, 3.63) is 16.1 Å². The van der Waals surface area contributed by atoms with Gasteiger partial charge in [-0.05, 0) is 26.8 Å². The smallest absolute Gasteiger partial charge is 0.109 e. The fourth-order valence-electron chi connectivity index (χ4n) is 1.45. The van der Waals surface area contributed by atoms with Crippen molar-refractivity contribution in [2.75, 3.05) is 20.2 Å². The lowest BCUT2D eigenvalue weighted by Gasteiger charge is -2.15. The van der Waals surface area contributed by atoms with Crippen molar-refractivity contribution in [3.8, 4) is 0 Å².